The van der Waals surface area contributed by atoms with Crippen LogP contribution in [-0.2, 0) is 11.2 Å². The number of pyridine rings is 1. The molecule has 0 unspecified atom stereocenters. The van der Waals surface area contributed by atoms with Crippen molar-refractivity contribution in [1.29, 1.82) is 0 Å². The van der Waals surface area contributed by atoms with Gasteiger partial charge in [0.15, 0.2) is 0 Å². The first-order valence-electron chi connectivity index (χ1n) is 8.70. The van der Waals surface area contributed by atoms with E-state index in [0.29, 0.717) is 12.0 Å². The van der Waals surface area contributed by atoms with Crippen LogP contribution in [0.3, 0.4) is 0 Å². The molecular formula is C20H23N3O2. The summed E-state index contributed by atoms with van der Waals surface area (Å²) < 4.78 is 0. The summed E-state index contributed by atoms with van der Waals surface area (Å²) in [6.07, 6.45) is 4.09. The van der Waals surface area contributed by atoms with Crippen molar-refractivity contribution in [3.05, 3.63) is 65.5 Å². The fraction of sp³-hybridized carbons (Fsp3) is 0.350. The minimum absolute atomic E-state index is 0.00484. The number of hydrogen-bond acceptors (Lipinski definition) is 3. The Kier molecular flexibility index (Phi) is 5.43. The smallest absolute Gasteiger partial charge is 0.253 e. The maximum atomic E-state index is 12.9. The minimum atomic E-state index is -0.561. The molecule has 25 heavy (non-hydrogen) atoms. The van der Waals surface area contributed by atoms with Crippen molar-refractivity contribution in [2.75, 3.05) is 13.1 Å². The standard InChI is InChI=1S/C20H23N3O2/c1-15-9-10-17(14-21-15)19(24)22-18(13-16-7-3-2-4-8-16)20(25)23-11-5-6-12-23/h2-4,7-10,14,18H,5-6,11-13H2,1H3,(H,22,24)/t18-/m0/s1. The van der Waals surface area contributed by atoms with Crippen molar-refractivity contribution in [2.45, 2.75) is 32.2 Å². The lowest BCUT2D eigenvalue weighted by molar-refractivity contribution is -0.132. The van der Waals surface area contributed by atoms with Crippen LogP contribution >= 0.6 is 0 Å². The van der Waals surface area contributed by atoms with Crippen molar-refractivity contribution in [3.8, 4) is 0 Å². The van der Waals surface area contributed by atoms with Gasteiger partial charge in [0.1, 0.15) is 6.04 Å². The Morgan fingerprint density at radius 3 is 2.48 bits per heavy atom. The number of aryl methyl sites for hydroxylation is 1. The van der Waals surface area contributed by atoms with Crippen LogP contribution in [0.4, 0.5) is 0 Å². The van der Waals surface area contributed by atoms with Crippen LogP contribution in [0.15, 0.2) is 48.7 Å². The number of nitrogens with zero attached hydrogens (tertiary/aromatic N) is 2. The number of carbonyl (C=O) groups excluding carboxylic acids is 2. The van der Waals surface area contributed by atoms with Gasteiger partial charge in [-0.05, 0) is 37.5 Å². The third kappa shape index (κ3) is 4.44. The normalized spacial score (nSPS) is 15.0. The number of benzene rings is 1. The predicted molar refractivity (Wildman–Crippen MR) is 96.2 cm³/mol. The number of rotatable bonds is 5. The van der Waals surface area contributed by atoms with Gasteiger partial charge in [-0.25, -0.2) is 0 Å². The molecule has 130 valence electrons. The van der Waals surface area contributed by atoms with Crippen molar-refractivity contribution >= 4 is 11.8 Å². The van der Waals surface area contributed by atoms with Gasteiger partial charge in [-0.15, -0.1) is 0 Å². The highest BCUT2D eigenvalue weighted by atomic mass is 16.2. The van der Waals surface area contributed by atoms with Crippen molar-refractivity contribution < 1.29 is 9.59 Å². The van der Waals surface area contributed by atoms with Crippen LogP contribution in [-0.4, -0.2) is 40.8 Å². The zero-order valence-corrected chi connectivity index (χ0v) is 14.4. The summed E-state index contributed by atoms with van der Waals surface area (Å²) in [5.74, 6) is -0.268. The quantitative estimate of drug-likeness (QED) is 0.911. The van der Waals surface area contributed by atoms with Gasteiger partial charge in [0.05, 0.1) is 5.56 Å². The molecule has 1 aliphatic heterocycles. The molecule has 0 saturated carbocycles. The first-order valence-corrected chi connectivity index (χ1v) is 8.70. The van der Waals surface area contributed by atoms with E-state index in [1.165, 1.54) is 0 Å². The summed E-state index contributed by atoms with van der Waals surface area (Å²) in [4.78, 5) is 31.4. The van der Waals surface area contributed by atoms with Crippen LogP contribution in [0.25, 0.3) is 0 Å². The van der Waals surface area contributed by atoms with Crippen LogP contribution < -0.4 is 5.32 Å². The topological polar surface area (TPSA) is 62.3 Å². The molecule has 5 heteroatoms. The number of likely N-dealkylation sites (tertiary alicyclic amines) is 1. The molecule has 0 aliphatic carbocycles. The molecule has 3 rings (SSSR count). The molecule has 0 spiro atoms. The number of hydrogen-bond donors (Lipinski definition) is 1. The Bertz CT molecular complexity index is 722. The van der Waals surface area contributed by atoms with E-state index < -0.39 is 6.04 Å². The second kappa shape index (κ2) is 7.92. The lowest BCUT2D eigenvalue weighted by atomic mass is 10.0. The molecule has 1 aromatic carbocycles. The van der Waals surface area contributed by atoms with E-state index in [4.69, 9.17) is 0 Å². The highest BCUT2D eigenvalue weighted by Crippen LogP contribution is 2.13. The van der Waals surface area contributed by atoms with E-state index in [9.17, 15) is 9.59 Å². The van der Waals surface area contributed by atoms with Crippen molar-refractivity contribution in [1.82, 2.24) is 15.2 Å². The number of nitrogens with one attached hydrogen (secondary N) is 1. The lowest BCUT2D eigenvalue weighted by Gasteiger charge is -2.24. The highest BCUT2D eigenvalue weighted by Gasteiger charge is 2.28. The Morgan fingerprint density at radius 2 is 1.84 bits per heavy atom. The largest absolute Gasteiger partial charge is 0.341 e. The molecule has 2 aromatic rings. The molecule has 1 N–H and O–H groups in total. The summed E-state index contributed by atoms with van der Waals surface area (Å²) >= 11 is 0. The molecule has 1 aromatic heterocycles. The first kappa shape index (κ1) is 17.1. The summed E-state index contributed by atoms with van der Waals surface area (Å²) in [6.45, 7) is 3.41. The molecule has 2 heterocycles. The first-order chi connectivity index (χ1) is 12.1. The Labute approximate surface area is 148 Å². The molecule has 1 saturated heterocycles. The minimum Gasteiger partial charge on any atom is -0.341 e. The van der Waals surface area contributed by atoms with Crippen LogP contribution in [0.5, 0.6) is 0 Å². The van der Waals surface area contributed by atoms with E-state index in [0.717, 1.165) is 37.2 Å². The second-order valence-corrected chi connectivity index (χ2v) is 6.44. The SMILES string of the molecule is Cc1ccc(C(=O)N[C@@H](Cc2ccccc2)C(=O)N2CCCC2)cn1. The third-order valence-corrected chi connectivity index (χ3v) is 4.48. The zero-order valence-electron chi connectivity index (χ0n) is 14.4. The molecule has 1 fully saturated rings. The second-order valence-electron chi connectivity index (χ2n) is 6.44. The molecule has 0 bridgehead atoms. The Morgan fingerprint density at radius 1 is 1.12 bits per heavy atom. The number of aromatic nitrogens is 1. The van der Waals surface area contributed by atoms with Gasteiger partial charge >= 0.3 is 0 Å². The summed E-state index contributed by atoms with van der Waals surface area (Å²) in [5, 5.41) is 2.91. The summed E-state index contributed by atoms with van der Waals surface area (Å²) in [6, 6.07) is 12.7. The average Bonchev–Trinajstić information content (AvgIpc) is 3.16. The van der Waals surface area contributed by atoms with Crippen LogP contribution in [0, 0.1) is 6.92 Å². The number of carbonyl (C=O) groups is 2. The van der Waals surface area contributed by atoms with Gasteiger partial charge in [0.2, 0.25) is 5.91 Å². The Balaban J connectivity index is 1.76. The Hall–Kier alpha value is -2.69. The van der Waals surface area contributed by atoms with E-state index in [1.807, 2.05) is 42.2 Å². The fourth-order valence-corrected chi connectivity index (χ4v) is 3.05. The van der Waals surface area contributed by atoms with E-state index in [2.05, 4.69) is 10.3 Å². The van der Waals surface area contributed by atoms with Gasteiger partial charge < -0.3 is 10.2 Å². The van der Waals surface area contributed by atoms with Crippen molar-refractivity contribution in [3.63, 3.8) is 0 Å². The van der Waals surface area contributed by atoms with E-state index >= 15 is 0 Å². The van der Waals surface area contributed by atoms with E-state index in [-0.39, 0.29) is 11.8 Å². The molecule has 0 radical (unpaired) electrons. The zero-order chi connectivity index (χ0) is 17.6. The lowest BCUT2D eigenvalue weighted by Crippen LogP contribution is -2.49. The summed E-state index contributed by atoms with van der Waals surface area (Å²) in [7, 11) is 0. The summed E-state index contributed by atoms with van der Waals surface area (Å²) in [5.41, 5.74) is 2.35. The van der Waals surface area contributed by atoms with Gasteiger partial charge in [0, 0.05) is 31.4 Å². The maximum absolute atomic E-state index is 12.9. The van der Waals surface area contributed by atoms with Crippen LogP contribution in [0.1, 0.15) is 34.5 Å². The fourth-order valence-electron chi connectivity index (χ4n) is 3.05. The molecule has 1 aliphatic rings. The number of amides is 2. The molecule has 2 amide bonds. The maximum Gasteiger partial charge on any atom is 0.253 e. The van der Waals surface area contributed by atoms with Gasteiger partial charge in [-0.3, -0.25) is 14.6 Å². The van der Waals surface area contributed by atoms with Crippen LogP contribution in [0.2, 0.25) is 0 Å². The average molecular weight is 337 g/mol. The van der Waals surface area contributed by atoms with Gasteiger partial charge in [-0.2, -0.15) is 0 Å². The monoisotopic (exact) mass is 337 g/mol. The molecule has 5 nitrogen and oxygen atoms in total. The molecular weight excluding hydrogens is 314 g/mol. The third-order valence-electron chi connectivity index (χ3n) is 4.48. The van der Waals surface area contributed by atoms with Gasteiger partial charge in [-0.1, -0.05) is 30.3 Å². The molecule has 1 atom stereocenters. The van der Waals surface area contributed by atoms with Crippen molar-refractivity contribution in [2.24, 2.45) is 0 Å². The van der Waals surface area contributed by atoms with E-state index in [1.54, 1.807) is 18.3 Å². The van der Waals surface area contributed by atoms with Gasteiger partial charge in [0.25, 0.3) is 5.91 Å². The highest BCUT2D eigenvalue weighted by molar-refractivity contribution is 5.97. The predicted octanol–water partition coefficient (Wildman–Crippen LogP) is 2.35.